The van der Waals surface area contributed by atoms with E-state index in [1.807, 2.05) is 0 Å². The first-order valence-corrected chi connectivity index (χ1v) is 8.48. The minimum absolute atomic E-state index is 0.254. The van der Waals surface area contributed by atoms with E-state index in [-0.39, 0.29) is 6.04 Å². The van der Waals surface area contributed by atoms with Crippen LogP contribution in [0.2, 0.25) is 0 Å². The van der Waals surface area contributed by atoms with Crippen LogP contribution in [0.4, 0.5) is 5.69 Å². The summed E-state index contributed by atoms with van der Waals surface area (Å²) in [5.74, 6) is 0. The predicted molar refractivity (Wildman–Crippen MR) is 97.2 cm³/mol. The minimum atomic E-state index is 0.254. The minimum Gasteiger partial charge on any atom is -0.329 e. The molecule has 114 valence electrons. The fraction of sp³-hybridized carbons (Fsp3) is 0.0909. The average molecular weight is 308 g/mol. The van der Waals surface area contributed by atoms with Crippen LogP contribution in [0.15, 0.2) is 84.7 Å². The summed E-state index contributed by atoms with van der Waals surface area (Å²) >= 11 is 0. The molecular formula is C22H16N2. The molecule has 1 aromatic heterocycles. The van der Waals surface area contributed by atoms with E-state index in [9.17, 15) is 0 Å². The van der Waals surface area contributed by atoms with Gasteiger partial charge in [0.05, 0.1) is 17.1 Å². The van der Waals surface area contributed by atoms with E-state index in [2.05, 4.69) is 88.5 Å². The second kappa shape index (κ2) is 4.30. The highest BCUT2D eigenvalue weighted by molar-refractivity contribution is 5.89. The Morgan fingerprint density at radius 3 is 2.62 bits per heavy atom. The van der Waals surface area contributed by atoms with Gasteiger partial charge in [0, 0.05) is 23.9 Å². The molecule has 24 heavy (non-hydrogen) atoms. The Morgan fingerprint density at radius 1 is 0.833 bits per heavy atom. The van der Waals surface area contributed by atoms with E-state index in [1.54, 1.807) is 0 Å². The summed E-state index contributed by atoms with van der Waals surface area (Å²) in [6.45, 7) is 0. The van der Waals surface area contributed by atoms with Gasteiger partial charge in [0.1, 0.15) is 6.04 Å². The van der Waals surface area contributed by atoms with Crippen molar-refractivity contribution in [3.63, 3.8) is 0 Å². The normalized spacial score (nSPS) is 19.5. The lowest BCUT2D eigenvalue weighted by Crippen LogP contribution is -2.37. The van der Waals surface area contributed by atoms with Crippen molar-refractivity contribution in [1.82, 2.24) is 4.57 Å². The van der Waals surface area contributed by atoms with Gasteiger partial charge in [-0.1, -0.05) is 48.6 Å². The maximum absolute atomic E-state index is 2.56. The van der Waals surface area contributed by atoms with E-state index < -0.39 is 0 Å². The number of fused-ring (bicyclic) bond motifs is 10. The third kappa shape index (κ3) is 1.37. The number of para-hydroxylation sites is 2. The quantitative estimate of drug-likeness (QED) is 0.563. The van der Waals surface area contributed by atoms with Gasteiger partial charge in [-0.25, -0.2) is 0 Å². The Labute approximate surface area is 141 Å². The van der Waals surface area contributed by atoms with Crippen molar-refractivity contribution in [3.8, 4) is 5.69 Å². The van der Waals surface area contributed by atoms with Crippen LogP contribution in [-0.2, 0) is 0 Å². The maximum atomic E-state index is 2.56. The zero-order valence-electron chi connectivity index (χ0n) is 13.2. The van der Waals surface area contributed by atoms with Crippen LogP contribution in [0.1, 0.15) is 29.3 Å². The molecule has 1 unspecified atom stereocenters. The highest BCUT2D eigenvalue weighted by atomic mass is 15.3. The number of nitrogens with zero attached hydrogens (tertiary/aromatic N) is 2. The van der Waals surface area contributed by atoms with E-state index in [4.69, 9.17) is 0 Å². The van der Waals surface area contributed by atoms with E-state index >= 15 is 0 Å². The van der Waals surface area contributed by atoms with Gasteiger partial charge < -0.3 is 9.47 Å². The molecule has 3 heterocycles. The average Bonchev–Trinajstić information content (AvgIpc) is 3.31. The van der Waals surface area contributed by atoms with Gasteiger partial charge >= 0.3 is 0 Å². The number of benzene rings is 2. The maximum Gasteiger partial charge on any atom is 0.100 e. The van der Waals surface area contributed by atoms with Crippen molar-refractivity contribution < 1.29 is 0 Å². The van der Waals surface area contributed by atoms with Gasteiger partial charge in [-0.3, -0.25) is 0 Å². The van der Waals surface area contributed by atoms with E-state index in [0.29, 0.717) is 0 Å². The largest absolute Gasteiger partial charge is 0.329 e. The summed E-state index contributed by atoms with van der Waals surface area (Å²) in [5.41, 5.74) is 9.52. The second-order valence-electron chi connectivity index (χ2n) is 6.62. The second-order valence-corrected chi connectivity index (χ2v) is 6.62. The van der Waals surface area contributed by atoms with Crippen LogP contribution in [0, 0.1) is 0 Å². The van der Waals surface area contributed by atoms with Crippen molar-refractivity contribution in [1.29, 1.82) is 0 Å². The van der Waals surface area contributed by atoms with Crippen LogP contribution in [0.25, 0.3) is 11.3 Å². The van der Waals surface area contributed by atoms with Crippen LogP contribution in [0.3, 0.4) is 0 Å². The summed E-state index contributed by atoms with van der Waals surface area (Å²) in [6, 6.07) is 22.3. The monoisotopic (exact) mass is 308 g/mol. The molecule has 0 saturated carbocycles. The van der Waals surface area contributed by atoms with Crippen molar-refractivity contribution in [3.05, 3.63) is 102 Å². The van der Waals surface area contributed by atoms with Gasteiger partial charge in [-0.05, 0) is 35.4 Å². The number of anilines is 1. The molecule has 0 bridgehead atoms. The molecule has 2 heteroatoms. The van der Waals surface area contributed by atoms with Crippen LogP contribution < -0.4 is 4.90 Å². The van der Waals surface area contributed by atoms with Gasteiger partial charge in [-0.2, -0.15) is 0 Å². The number of rotatable bonds is 0. The zero-order chi connectivity index (χ0) is 15.7. The Balaban J connectivity index is 1.75. The molecule has 6 rings (SSSR count). The lowest BCUT2D eigenvalue weighted by atomic mass is 9.86. The highest BCUT2D eigenvalue weighted by Crippen LogP contribution is 2.52. The molecule has 0 saturated heterocycles. The topological polar surface area (TPSA) is 8.17 Å². The standard InChI is InChI=1S/C22H16N2/c1-2-8-17-15(7-1)16-9-5-12-18(16)24-20-11-4-3-10-19(20)23-14-6-13-21(23)22(17)24/h1-11,13-14,22H,12H2. The molecule has 2 aromatic carbocycles. The van der Waals surface area contributed by atoms with Crippen molar-refractivity contribution in [2.75, 3.05) is 4.90 Å². The fourth-order valence-corrected chi connectivity index (χ4v) is 4.53. The molecule has 0 radical (unpaired) electrons. The zero-order valence-corrected chi connectivity index (χ0v) is 13.2. The molecule has 0 amide bonds. The lowest BCUT2D eigenvalue weighted by Gasteiger charge is -2.44. The number of aromatic nitrogens is 1. The summed E-state index contributed by atoms with van der Waals surface area (Å²) in [7, 11) is 0. The van der Waals surface area contributed by atoms with Crippen LogP contribution >= 0.6 is 0 Å². The Morgan fingerprint density at radius 2 is 1.67 bits per heavy atom. The fourth-order valence-electron chi connectivity index (χ4n) is 4.53. The third-order valence-electron chi connectivity index (χ3n) is 5.46. The summed E-state index contributed by atoms with van der Waals surface area (Å²) in [5, 5.41) is 0. The third-order valence-corrected chi connectivity index (χ3v) is 5.46. The van der Waals surface area contributed by atoms with Gasteiger partial charge in [0.2, 0.25) is 0 Å². The van der Waals surface area contributed by atoms with E-state index in [1.165, 1.54) is 39.5 Å². The van der Waals surface area contributed by atoms with Crippen molar-refractivity contribution in [2.24, 2.45) is 0 Å². The van der Waals surface area contributed by atoms with Gasteiger partial charge in [0.15, 0.2) is 0 Å². The molecule has 0 spiro atoms. The first-order chi connectivity index (χ1) is 11.9. The summed E-state index contributed by atoms with van der Waals surface area (Å²) in [4.78, 5) is 2.56. The predicted octanol–water partition coefficient (Wildman–Crippen LogP) is 5.07. The SMILES string of the molecule is C1=CC2=C(C1)N1c3ccccc3-n3cccc3C1c1ccccc12. The van der Waals surface area contributed by atoms with Crippen LogP contribution in [0.5, 0.6) is 0 Å². The van der Waals surface area contributed by atoms with Crippen molar-refractivity contribution >= 4 is 11.3 Å². The molecule has 3 aliphatic rings. The van der Waals surface area contributed by atoms with Gasteiger partial charge in [0.25, 0.3) is 0 Å². The van der Waals surface area contributed by atoms with Gasteiger partial charge in [-0.15, -0.1) is 0 Å². The number of allylic oxidation sites excluding steroid dienone is 3. The first kappa shape index (κ1) is 12.4. The molecular weight excluding hydrogens is 292 g/mol. The Bertz CT molecular complexity index is 1050. The molecule has 3 aromatic rings. The molecule has 0 fully saturated rings. The smallest absolute Gasteiger partial charge is 0.100 e. The highest BCUT2D eigenvalue weighted by Gasteiger charge is 2.39. The van der Waals surface area contributed by atoms with Crippen LogP contribution in [-0.4, -0.2) is 4.57 Å². The molecule has 2 nitrogen and oxygen atoms in total. The number of hydrogen-bond acceptors (Lipinski definition) is 1. The Kier molecular flexibility index (Phi) is 2.22. The van der Waals surface area contributed by atoms with Crippen molar-refractivity contribution in [2.45, 2.75) is 12.5 Å². The summed E-state index contributed by atoms with van der Waals surface area (Å²) < 4.78 is 2.35. The molecule has 1 aliphatic carbocycles. The first-order valence-electron chi connectivity index (χ1n) is 8.48. The number of hydrogen-bond donors (Lipinski definition) is 0. The molecule has 0 N–H and O–H groups in total. The molecule has 2 aliphatic heterocycles. The van der Waals surface area contributed by atoms with E-state index in [0.717, 1.165) is 6.42 Å². The Hall–Kier alpha value is -3.00. The lowest BCUT2D eigenvalue weighted by molar-refractivity contribution is 0.689. The molecule has 1 atom stereocenters. The summed E-state index contributed by atoms with van der Waals surface area (Å²) in [6.07, 6.45) is 7.78.